The van der Waals surface area contributed by atoms with E-state index >= 15 is 0 Å². The Morgan fingerprint density at radius 1 is 1.17 bits per heavy atom. The highest BCUT2D eigenvalue weighted by molar-refractivity contribution is 6.00. The number of carbonyl (C=O) groups is 2. The van der Waals surface area contributed by atoms with Crippen molar-refractivity contribution in [2.24, 2.45) is 0 Å². The number of alkyl halides is 1. The normalized spacial score (nSPS) is 19.7. The van der Waals surface area contributed by atoms with Crippen LogP contribution in [-0.4, -0.2) is 68.2 Å². The van der Waals surface area contributed by atoms with Crippen LogP contribution in [0.5, 0.6) is 0 Å². The van der Waals surface area contributed by atoms with Gasteiger partial charge in [0.05, 0.1) is 52.1 Å². The fourth-order valence-electron chi connectivity index (χ4n) is 4.80. The lowest BCUT2D eigenvalue weighted by atomic mass is 9.92. The van der Waals surface area contributed by atoms with E-state index in [1.165, 1.54) is 26.2 Å². The molecule has 5 rings (SSSR count). The highest BCUT2D eigenvalue weighted by atomic mass is 19.1. The Balaban J connectivity index is 1.34. The zero-order valence-corrected chi connectivity index (χ0v) is 23.1. The molecule has 0 spiro atoms. The van der Waals surface area contributed by atoms with E-state index in [9.17, 15) is 24.3 Å². The van der Waals surface area contributed by atoms with Gasteiger partial charge < -0.3 is 25.8 Å². The molecule has 11 nitrogen and oxygen atoms in total. The molecule has 41 heavy (non-hydrogen) atoms. The maximum Gasteiger partial charge on any atom is 0.407 e. The molecule has 2 amide bonds. The Kier molecular flexibility index (Phi) is 8.08. The summed E-state index contributed by atoms with van der Waals surface area (Å²) < 4.78 is 21.6. The van der Waals surface area contributed by atoms with E-state index in [2.05, 4.69) is 32.1 Å². The van der Waals surface area contributed by atoms with Gasteiger partial charge in [-0.25, -0.2) is 13.7 Å². The van der Waals surface area contributed by atoms with Crippen molar-refractivity contribution in [3.8, 4) is 17.5 Å². The lowest BCUT2D eigenvalue weighted by molar-refractivity contribution is -0.00178. The number of hydrogen-bond donors (Lipinski definition) is 4. The predicted molar refractivity (Wildman–Crippen MR) is 149 cm³/mol. The number of ether oxygens (including phenoxy) is 1. The molecule has 3 heterocycles. The second kappa shape index (κ2) is 11.7. The molecule has 12 heteroatoms. The monoisotopic (exact) mass is 563 g/mol. The van der Waals surface area contributed by atoms with Crippen molar-refractivity contribution < 1.29 is 23.8 Å². The summed E-state index contributed by atoms with van der Waals surface area (Å²) in [6.07, 6.45) is 5.51. The third-order valence-electron chi connectivity index (χ3n) is 7.46. The van der Waals surface area contributed by atoms with Crippen LogP contribution >= 0.6 is 0 Å². The van der Waals surface area contributed by atoms with Crippen LogP contribution < -0.4 is 16.0 Å². The second-order valence-corrected chi connectivity index (χ2v) is 11.3. The smallest absolute Gasteiger partial charge is 0.407 e. The first-order chi connectivity index (χ1) is 19.6. The van der Waals surface area contributed by atoms with Gasteiger partial charge in [-0.2, -0.15) is 10.4 Å². The summed E-state index contributed by atoms with van der Waals surface area (Å²) >= 11 is 0. The summed E-state index contributed by atoms with van der Waals surface area (Å²) in [5.74, 6) is -0.524. The van der Waals surface area contributed by atoms with Gasteiger partial charge >= 0.3 is 6.09 Å². The zero-order chi connectivity index (χ0) is 29.1. The largest absolute Gasteiger partial charge is 0.446 e. The molecular weight excluding hydrogens is 529 g/mol. The Hall–Kier alpha value is -4.24. The summed E-state index contributed by atoms with van der Waals surface area (Å²) in [5, 5.41) is 32.3. The van der Waals surface area contributed by atoms with Gasteiger partial charge in [0.2, 0.25) is 0 Å². The molecule has 2 aliphatic carbocycles. The van der Waals surface area contributed by atoms with Gasteiger partial charge in [-0.1, -0.05) is 0 Å². The van der Waals surface area contributed by atoms with Gasteiger partial charge in [0, 0.05) is 18.3 Å². The maximum absolute atomic E-state index is 14.3. The Morgan fingerprint density at radius 2 is 1.90 bits per heavy atom. The van der Waals surface area contributed by atoms with Crippen molar-refractivity contribution in [2.45, 2.75) is 82.3 Å². The summed E-state index contributed by atoms with van der Waals surface area (Å²) in [4.78, 5) is 29.7. The number of carbonyl (C=O) groups excluding carboxylic acids is 2. The zero-order valence-electron chi connectivity index (χ0n) is 23.1. The highest BCUT2D eigenvalue weighted by Crippen LogP contribution is 2.30. The van der Waals surface area contributed by atoms with Crippen LogP contribution in [0.2, 0.25) is 0 Å². The number of nitriles is 1. The molecule has 0 radical (unpaired) electrons. The van der Waals surface area contributed by atoms with Crippen molar-refractivity contribution in [1.82, 2.24) is 25.2 Å². The number of amides is 2. The molecule has 2 fully saturated rings. The van der Waals surface area contributed by atoms with Crippen LogP contribution in [0.1, 0.15) is 68.3 Å². The standard InChI is InChI=1S/C29H34FN7O4/c1-29(2,40)26(30)16-33-27(38)22-15-32-24(25-10-7-20-11-17(13-31)14-34-37(20)25)12-23(22)35-18-5-8-21(9-6-18)41-28(39)36-19-3-4-19/h7,10-12,14-15,18-19,21,26,40H,3-6,8-9,16H2,1-2H3,(H,32,35)(H,33,38)(H,36,39)/t18?,21?,26-/m1/s1. The molecule has 0 unspecified atom stereocenters. The van der Waals surface area contributed by atoms with Gasteiger partial charge in [0.15, 0.2) is 0 Å². The van der Waals surface area contributed by atoms with Crippen LogP contribution in [0, 0.1) is 11.3 Å². The number of halogens is 1. The van der Waals surface area contributed by atoms with Crippen LogP contribution in [0.3, 0.4) is 0 Å². The molecule has 216 valence electrons. The number of alkyl carbamates (subject to hydrolysis) is 1. The third-order valence-corrected chi connectivity index (χ3v) is 7.46. The maximum atomic E-state index is 14.3. The van der Waals surface area contributed by atoms with E-state index in [0.717, 1.165) is 31.2 Å². The minimum Gasteiger partial charge on any atom is -0.446 e. The minimum atomic E-state index is -1.65. The molecule has 0 aromatic carbocycles. The van der Waals surface area contributed by atoms with E-state index in [1.54, 1.807) is 16.6 Å². The average Bonchev–Trinajstić information content (AvgIpc) is 3.66. The van der Waals surface area contributed by atoms with Crippen molar-refractivity contribution in [3.63, 3.8) is 0 Å². The molecular formula is C29H34FN7O4. The van der Waals surface area contributed by atoms with E-state index in [4.69, 9.17) is 4.74 Å². The number of rotatable bonds is 9. The van der Waals surface area contributed by atoms with E-state index in [1.807, 2.05) is 12.1 Å². The lowest BCUT2D eigenvalue weighted by Crippen LogP contribution is -2.42. The Labute approximate surface area is 237 Å². The van der Waals surface area contributed by atoms with Crippen LogP contribution in [0.15, 0.2) is 36.7 Å². The predicted octanol–water partition coefficient (Wildman–Crippen LogP) is 3.72. The summed E-state index contributed by atoms with van der Waals surface area (Å²) in [5.41, 5.74) is 1.54. The second-order valence-electron chi connectivity index (χ2n) is 11.3. The van der Waals surface area contributed by atoms with Crippen molar-refractivity contribution in [2.75, 3.05) is 11.9 Å². The molecule has 2 aliphatic rings. The quantitative estimate of drug-likeness (QED) is 0.307. The third kappa shape index (κ3) is 6.92. The van der Waals surface area contributed by atoms with E-state index in [-0.39, 0.29) is 36.4 Å². The highest BCUT2D eigenvalue weighted by Gasteiger charge is 2.30. The average molecular weight is 564 g/mol. The number of hydrogen-bond acceptors (Lipinski definition) is 8. The molecule has 4 N–H and O–H groups in total. The SMILES string of the molecule is CC(C)(O)[C@H](F)CNC(=O)c1cnc(-c2ccc3cc(C#N)cnn23)cc1NC1CCC(OC(=O)NC2CC2)CC1. The number of fused-ring (bicyclic) bond motifs is 1. The Bertz CT molecular complexity index is 1470. The fraction of sp³-hybridized carbons (Fsp3) is 0.483. The van der Waals surface area contributed by atoms with Gasteiger partial charge in [-0.3, -0.25) is 9.78 Å². The number of pyridine rings is 1. The number of anilines is 1. The number of nitrogens with zero attached hydrogens (tertiary/aromatic N) is 4. The number of aliphatic hydroxyl groups is 1. The first kappa shape index (κ1) is 28.3. The van der Waals surface area contributed by atoms with Crippen molar-refractivity contribution in [1.29, 1.82) is 5.26 Å². The summed E-state index contributed by atoms with van der Waals surface area (Å²) in [6.45, 7) is 2.33. The number of aromatic nitrogens is 3. The first-order valence-corrected chi connectivity index (χ1v) is 13.9. The van der Waals surface area contributed by atoms with E-state index < -0.39 is 17.7 Å². The van der Waals surface area contributed by atoms with Crippen LogP contribution in [0.4, 0.5) is 14.9 Å². The summed E-state index contributed by atoms with van der Waals surface area (Å²) in [6, 6.07) is 9.47. The van der Waals surface area contributed by atoms with Gasteiger partial charge in [0.25, 0.3) is 5.91 Å². The summed E-state index contributed by atoms with van der Waals surface area (Å²) in [7, 11) is 0. The van der Waals surface area contributed by atoms with Crippen molar-refractivity contribution >= 4 is 23.2 Å². The minimum absolute atomic E-state index is 0.00816. The fourth-order valence-corrected chi connectivity index (χ4v) is 4.80. The number of nitrogens with one attached hydrogen (secondary N) is 3. The molecule has 0 aliphatic heterocycles. The van der Waals surface area contributed by atoms with Crippen molar-refractivity contribution in [3.05, 3.63) is 47.8 Å². The molecule has 1 atom stereocenters. The van der Waals surface area contributed by atoms with E-state index in [0.29, 0.717) is 35.5 Å². The molecule has 0 saturated heterocycles. The lowest BCUT2D eigenvalue weighted by Gasteiger charge is -2.30. The first-order valence-electron chi connectivity index (χ1n) is 13.9. The molecule has 0 bridgehead atoms. The molecule has 2 saturated carbocycles. The molecule has 3 aromatic rings. The Morgan fingerprint density at radius 3 is 2.59 bits per heavy atom. The van der Waals surface area contributed by atoms with Gasteiger partial charge in [-0.15, -0.1) is 0 Å². The van der Waals surface area contributed by atoms with Gasteiger partial charge in [-0.05, 0) is 76.6 Å². The van der Waals surface area contributed by atoms with Crippen LogP contribution in [0.25, 0.3) is 16.9 Å². The topological polar surface area (TPSA) is 154 Å². The molecule has 3 aromatic heterocycles. The van der Waals surface area contributed by atoms with Gasteiger partial charge in [0.1, 0.15) is 18.3 Å². The van der Waals surface area contributed by atoms with Crippen LogP contribution in [-0.2, 0) is 4.74 Å².